The van der Waals surface area contributed by atoms with Crippen LogP contribution in [-0.2, 0) is 0 Å². The minimum Gasteiger partial charge on any atom is -0.289 e. The normalized spacial score (nSPS) is 10.1. The van der Waals surface area contributed by atoms with Gasteiger partial charge in [-0.25, -0.2) is 0 Å². The summed E-state index contributed by atoms with van der Waals surface area (Å²) in [5.41, 5.74) is 2.31. The van der Waals surface area contributed by atoms with Gasteiger partial charge < -0.3 is 0 Å². The first-order valence-electron chi connectivity index (χ1n) is 5.75. The number of allylic oxidation sites excluding steroid dienone is 1. The van der Waals surface area contributed by atoms with Crippen molar-refractivity contribution in [2.75, 3.05) is 0 Å². The average molecular weight is 265 g/mol. The van der Waals surface area contributed by atoms with Crippen LogP contribution in [0.1, 0.15) is 15.9 Å². The maximum absolute atomic E-state index is 11.9. The molecule has 0 fully saturated rings. The smallest absolute Gasteiger partial charge is 0.185 e. The first kappa shape index (κ1) is 13.1. The molecule has 0 aromatic heterocycles. The Morgan fingerprint density at radius 1 is 1.05 bits per heavy atom. The lowest BCUT2D eigenvalue weighted by Gasteiger charge is -1.96. The quantitative estimate of drug-likeness (QED) is 0.356. The van der Waals surface area contributed by atoms with Gasteiger partial charge in [0.1, 0.15) is 0 Å². The molecule has 0 N–H and O–H groups in total. The zero-order valence-electron chi connectivity index (χ0n) is 10.1. The molecule has 3 heteroatoms. The highest BCUT2D eigenvalue weighted by Crippen LogP contribution is 2.13. The molecule has 92 valence electrons. The number of thiocarbonyl (C=S) groups is 1. The second kappa shape index (κ2) is 6.55. The molecule has 0 heterocycles. The number of nitrogens with zero attached hydrogens (tertiary/aromatic N) is 1. The fourth-order valence-corrected chi connectivity index (χ4v) is 1.69. The van der Waals surface area contributed by atoms with Crippen LogP contribution in [0.5, 0.6) is 0 Å². The molecule has 2 aromatic carbocycles. The predicted octanol–water partition coefficient (Wildman–Crippen LogP) is 4.32. The van der Waals surface area contributed by atoms with Crippen LogP contribution in [0.2, 0.25) is 0 Å². The SMILES string of the molecule is O=C(C=Cc1ccccc1)c1ccc(N=C=S)cc1. The van der Waals surface area contributed by atoms with Crippen molar-refractivity contribution in [2.24, 2.45) is 4.99 Å². The predicted molar refractivity (Wildman–Crippen MR) is 80.9 cm³/mol. The van der Waals surface area contributed by atoms with Crippen molar-refractivity contribution in [3.63, 3.8) is 0 Å². The molecule has 0 aliphatic carbocycles. The lowest BCUT2D eigenvalue weighted by molar-refractivity contribution is 0.104. The standard InChI is InChI=1S/C16H11NOS/c18-16(11-6-13-4-2-1-3-5-13)14-7-9-15(10-8-14)17-12-19/h1-11H. The maximum atomic E-state index is 11.9. The van der Waals surface area contributed by atoms with Crippen LogP contribution >= 0.6 is 12.2 Å². The molecule has 0 amide bonds. The number of isothiocyanates is 1. The number of carbonyl (C=O) groups excluding carboxylic acids is 1. The Balaban J connectivity index is 2.12. The fourth-order valence-electron chi connectivity index (χ4n) is 1.59. The van der Waals surface area contributed by atoms with Crippen LogP contribution in [0.4, 0.5) is 5.69 Å². The second-order valence-electron chi connectivity index (χ2n) is 3.86. The lowest BCUT2D eigenvalue weighted by Crippen LogP contribution is -1.92. The second-order valence-corrected chi connectivity index (χ2v) is 4.04. The van der Waals surface area contributed by atoms with Gasteiger partial charge in [0.2, 0.25) is 0 Å². The topological polar surface area (TPSA) is 29.4 Å². The third-order valence-corrected chi connectivity index (χ3v) is 2.64. The van der Waals surface area contributed by atoms with Crippen molar-refractivity contribution in [3.8, 4) is 0 Å². The molecule has 2 aromatic rings. The summed E-state index contributed by atoms with van der Waals surface area (Å²) in [6, 6.07) is 16.6. The van der Waals surface area contributed by atoms with E-state index in [1.165, 1.54) is 0 Å². The number of ketones is 1. The Bertz CT molecular complexity index is 638. The molecule has 0 radical (unpaired) electrons. The Kier molecular flexibility index (Phi) is 4.51. The van der Waals surface area contributed by atoms with Gasteiger partial charge in [-0.05, 0) is 48.1 Å². The Morgan fingerprint density at radius 3 is 2.37 bits per heavy atom. The van der Waals surface area contributed by atoms with Crippen LogP contribution in [0.3, 0.4) is 0 Å². The van der Waals surface area contributed by atoms with E-state index >= 15 is 0 Å². The van der Waals surface area contributed by atoms with Crippen LogP contribution in [0.25, 0.3) is 6.08 Å². The highest BCUT2D eigenvalue weighted by atomic mass is 32.1. The largest absolute Gasteiger partial charge is 0.289 e. The van der Waals surface area contributed by atoms with E-state index in [1.807, 2.05) is 30.3 Å². The number of aliphatic imine (C=N–C) groups is 1. The molecule has 0 saturated carbocycles. The maximum Gasteiger partial charge on any atom is 0.185 e. The van der Waals surface area contributed by atoms with Crippen LogP contribution < -0.4 is 0 Å². The molecule has 0 aliphatic heterocycles. The summed E-state index contributed by atoms with van der Waals surface area (Å²) in [5, 5.41) is 2.29. The van der Waals surface area contributed by atoms with Gasteiger partial charge in [0.15, 0.2) is 5.78 Å². The number of carbonyl (C=O) groups is 1. The van der Waals surface area contributed by atoms with E-state index in [1.54, 1.807) is 36.4 Å². The third kappa shape index (κ3) is 3.81. The summed E-state index contributed by atoms with van der Waals surface area (Å²) >= 11 is 4.52. The molecule has 19 heavy (non-hydrogen) atoms. The van der Waals surface area contributed by atoms with E-state index in [9.17, 15) is 4.79 Å². The van der Waals surface area contributed by atoms with Crippen LogP contribution in [0, 0.1) is 0 Å². The summed E-state index contributed by atoms with van der Waals surface area (Å²) in [4.78, 5) is 15.8. The highest BCUT2D eigenvalue weighted by Gasteiger charge is 2.01. The fraction of sp³-hybridized carbons (Fsp3) is 0. The van der Waals surface area contributed by atoms with E-state index in [0.717, 1.165) is 5.56 Å². The third-order valence-electron chi connectivity index (χ3n) is 2.55. The van der Waals surface area contributed by atoms with Gasteiger partial charge in [0.05, 0.1) is 10.8 Å². The van der Waals surface area contributed by atoms with Crippen molar-refractivity contribution >= 4 is 34.9 Å². The minimum atomic E-state index is -0.0401. The number of hydrogen-bond acceptors (Lipinski definition) is 3. The molecule has 0 spiro atoms. The van der Waals surface area contributed by atoms with Gasteiger partial charge in [-0.3, -0.25) is 4.79 Å². The molecule has 0 aliphatic rings. The molecule has 0 unspecified atom stereocenters. The highest BCUT2D eigenvalue weighted by molar-refractivity contribution is 7.78. The number of rotatable bonds is 4. The first-order valence-corrected chi connectivity index (χ1v) is 6.16. The van der Waals surface area contributed by atoms with E-state index in [0.29, 0.717) is 11.3 Å². The van der Waals surface area contributed by atoms with Crippen molar-refractivity contribution in [2.45, 2.75) is 0 Å². The molecular formula is C16H11NOS. The van der Waals surface area contributed by atoms with Gasteiger partial charge in [0, 0.05) is 5.56 Å². The van der Waals surface area contributed by atoms with Crippen LogP contribution in [0.15, 0.2) is 65.7 Å². The van der Waals surface area contributed by atoms with Gasteiger partial charge in [-0.15, -0.1) is 0 Å². The van der Waals surface area contributed by atoms with E-state index in [2.05, 4.69) is 22.4 Å². The molecule has 2 nitrogen and oxygen atoms in total. The summed E-state index contributed by atoms with van der Waals surface area (Å²) in [5.74, 6) is -0.0401. The van der Waals surface area contributed by atoms with Crippen molar-refractivity contribution < 1.29 is 4.79 Å². The first-order chi connectivity index (χ1) is 9.29. The van der Waals surface area contributed by atoms with Crippen molar-refractivity contribution in [1.29, 1.82) is 0 Å². The van der Waals surface area contributed by atoms with Gasteiger partial charge >= 0.3 is 0 Å². The molecule has 0 atom stereocenters. The molecule has 0 saturated heterocycles. The monoisotopic (exact) mass is 265 g/mol. The molecule has 0 bridgehead atoms. The Morgan fingerprint density at radius 2 is 1.74 bits per heavy atom. The summed E-state index contributed by atoms with van der Waals surface area (Å²) in [6.07, 6.45) is 3.36. The average Bonchev–Trinajstić information content (AvgIpc) is 2.47. The Hall–Kier alpha value is -2.35. The Labute approximate surface area is 117 Å². The summed E-state index contributed by atoms with van der Waals surface area (Å²) in [6.45, 7) is 0. The zero-order chi connectivity index (χ0) is 13.5. The van der Waals surface area contributed by atoms with Crippen LogP contribution in [-0.4, -0.2) is 10.9 Å². The molecular weight excluding hydrogens is 254 g/mol. The summed E-state index contributed by atoms with van der Waals surface area (Å²) < 4.78 is 0. The van der Waals surface area contributed by atoms with Gasteiger partial charge in [0.25, 0.3) is 0 Å². The number of benzene rings is 2. The van der Waals surface area contributed by atoms with E-state index < -0.39 is 0 Å². The molecule has 2 rings (SSSR count). The van der Waals surface area contributed by atoms with Gasteiger partial charge in [-0.1, -0.05) is 36.4 Å². The van der Waals surface area contributed by atoms with Crippen molar-refractivity contribution in [3.05, 3.63) is 71.8 Å². The van der Waals surface area contributed by atoms with E-state index in [-0.39, 0.29) is 5.78 Å². The zero-order valence-corrected chi connectivity index (χ0v) is 10.9. The number of hydrogen-bond donors (Lipinski definition) is 0. The minimum absolute atomic E-state index is 0.0401. The lowest BCUT2D eigenvalue weighted by atomic mass is 10.1. The van der Waals surface area contributed by atoms with Crippen molar-refractivity contribution in [1.82, 2.24) is 0 Å². The van der Waals surface area contributed by atoms with E-state index in [4.69, 9.17) is 0 Å². The summed E-state index contributed by atoms with van der Waals surface area (Å²) in [7, 11) is 0. The van der Waals surface area contributed by atoms with Gasteiger partial charge in [-0.2, -0.15) is 4.99 Å².